The first-order chi connectivity index (χ1) is 11.8. The number of nitro groups is 2. The van der Waals surface area contributed by atoms with Gasteiger partial charge in [-0.05, 0) is 23.9 Å². The first-order valence-electron chi connectivity index (χ1n) is 6.67. The molecule has 11 heteroatoms. The van der Waals surface area contributed by atoms with E-state index in [1.807, 2.05) is 0 Å². The minimum Gasteiger partial charge on any atom is -0.457 e. The molecule has 0 unspecified atom stereocenters. The predicted molar refractivity (Wildman–Crippen MR) is 88.9 cm³/mol. The van der Waals surface area contributed by atoms with Crippen molar-refractivity contribution in [1.29, 1.82) is 5.41 Å². The monoisotopic (exact) mass is 360 g/mol. The van der Waals surface area contributed by atoms with E-state index in [1.165, 1.54) is 18.2 Å². The second-order valence-corrected chi connectivity index (χ2v) is 5.90. The number of carbonyl (C=O) groups is 1. The van der Waals surface area contributed by atoms with E-state index in [-0.39, 0.29) is 27.2 Å². The van der Waals surface area contributed by atoms with Crippen molar-refractivity contribution in [3.05, 3.63) is 61.2 Å². The van der Waals surface area contributed by atoms with Gasteiger partial charge in [0, 0.05) is 23.8 Å². The average Bonchev–Trinajstić information content (AvgIpc) is 3.14. The fourth-order valence-electron chi connectivity index (χ4n) is 2.10. The van der Waals surface area contributed by atoms with Crippen molar-refractivity contribution in [2.24, 2.45) is 0 Å². The molecule has 1 aliphatic rings. The number of non-ortho nitro benzene ring substituents is 2. The van der Waals surface area contributed by atoms with Gasteiger partial charge >= 0.3 is 0 Å². The molecular formula is C14H8N4O6S. The Morgan fingerprint density at radius 1 is 1.12 bits per heavy atom. The Kier molecular flexibility index (Phi) is 4.07. The molecule has 2 aromatic rings. The zero-order chi connectivity index (χ0) is 18.1. The van der Waals surface area contributed by atoms with Gasteiger partial charge in [0.2, 0.25) is 0 Å². The molecule has 1 amide bonds. The lowest BCUT2D eigenvalue weighted by Crippen LogP contribution is -2.18. The molecule has 10 nitrogen and oxygen atoms in total. The molecule has 0 radical (unpaired) electrons. The number of thioether (sulfide) groups is 1. The number of hydrogen-bond acceptors (Lipinski definition) is 8. The third kappa shape index (κ3) is 3.40. The van der Waals surface area contributed by atoms with Crippen LogP contribution in [0.5, 0.6) is 0 Å². The summed E-state index contributed by atoms with van der Waals surface area (Å²) in [5.74, 6) is 0.0209. The fraction of sp³-hybridized carbons (Fsp3) is 0. The molecule has 25 heavy (non-hydrogen) atoms. The SMILES string of the molecule is N=C1NC(=O)/C(=C/c2ccc(-c3cc([N+](=O)[O-])cc([N+](=O)[O-])c3)o2)S1. The smallest absolute Gasteiger partial charge is 0.277 e. The number of nitro benzene ring substituents is 2. The van der Waals surface area contributed by atoms with E-state index in [1.54, 1.807) is 0 Å². The summed E-state index contributed by atoms with van der Waals surface area (Å²) in [5, 5.41) is 31.6. The van der Waals surface area contributed by atoms with Gasteiger partial charge in [0.15, 0.2) is 5.17 Å². The van der Waals surface area contributed by atoms with Crippen LogP contribution in [0.15, 0.2) is 39.7 Å². The van der Waals surface area contributed by atoms with Crippen molar-refractivity contribution in [1.82, 2.24) is 5.32 Å². The van der Waals surface area contributed by atoms with E-state index in [4.69, 9.17) is 9.83 Å². The van der Waals surface area contributed by atoms with Crippen LogP contribution in [-0.2, 0) is 4.79 Å². The normalized spacial score (nSPS) is 15.4. The van der Waals surface area contributed by atoms with Crippen LogP contribution in [0.25, 0.3) is 17.4 Å². The lowest BCUT2D eigenvalue weighted by Gasteiger charge is -1.99. The molecular weight excluding hydrogens is 352 g/mol. The Morgan fingerprint density at radius 3 is 2.28 bits per heavy atom. The number of furan rings is 1. The van der Waals surface area contributed by atoms with Crippen molar-refractivity contribution < 1.29 is 19.1 Å². The van der Waals surface area contributed by atoms with Gasteiger partial charge in [0.05, 0.1) is 20.8 Å². The third-order valence-electron chi connectivity index (χ3n) is 3.17. The summed E-state index contributed by atoms with van der Waals surface area (Å²) < 4.78 is 5.50. The maximum Gasteiger partial charge on any atom is 0.277 e. The quantitative estimate of drug-likeness (QED) is 0.483. The van der Waals surface area contributed by atoms with Crippen LogP contribution >= 0.6 is 11.8 Å². The molecule has 0 aliphatic carbocycles. The van der Waals surface area contributed by atoms with Crippen LogP contribution in [-0.4, -0.2) is 20.9 Å². The molecule has 0 spiro atoms. The van der Waals surface area contributed by atoms with Crippen LogP contribution in [0.3, 0.4) is 0 Å². The highest BCUT2D eigenvalue weighted by Gasteiger charge is 2.23. The summed E-state index contributed by atoms with van der Waals surface area (Å²) in [6.07, 6.45) is 1.41. The fourth-order valence-corrected chi connectivity index (χ4v) is 2.79. The van der Waals surface area contributed by atoms with Crippen molar-refractivity contribution in [3.63, 3.8) is 0 Å². The molecule has 0 saturated carbocycles. The highest BCUT2D eigenvalue weighted by molar-refractivity contribution is 8.18. The topological polar surface area (TPSA) is 152 Å². The van der Waals surface area contributed by atoms with E-state index >= 15 is 0 Å². The maximum atomic E-state index is 11.6. The van der Waals surface area contributed by atoms with Gasteiger partial charge < -0.3 is 9.73 Å². The van der Waals surface area contributed by atoms with Gasteiger partial charge in [-0.3, -0.25) is 30.4 Å². The predicted octanol–water partition coefficient (Wildman–Crippen LogP) is 2.90. The highest BCUT2D eigenvalue weighted by Crippen LogP contribution is 2.32. The Labute approximate surface area is 143 Å². The summed E-state index contributed by atoms with van der Waals surface area (Å²) in [5.41, 5.74) is -0.693. The van der Waals surface area contributed by atoms with Crippen LogP contribution in [0.4, 0.5) is 11.4 Å². The number of amides is 1. The van der Waals surface area contributed by atoms with Crippen LogP contribution in [0.1, 0.15) is 5.76 Å². The second kappa shape index (κ2) is 6.20. The van der Waals surface area contributed by atoms with Gasteiger partial charge in [-0.15, -0.1) is 0 Å². The van der Waals surface area contributed by atoms with Gasteiger partial charge in [0.25, 0.3) is 17.3 Å². The van der Waals surface area contributed by atoms with Crippen molar-refractivity contribution in [2.45, 2.75) is 0 Å². The summed E-state index contributed by atoms with van der Waals surface area (Å²) in [4.78, 5) is 32.2. The van der Waals surface area contributed by atoms with Gasteiger partial charge in [0.1, 0.15) is 11.5 Å². The minimum absolute atomic E-state index is 0.00246. The molecule has 126 valence electrons. The highest BCUT2D eigenvalue weighted by atomic mass is 32.2. The molecule has 0 bridgehead atoms. The van der Waals surface area contributed by atoms with E-state index in [9.17, 15) is 25.0 Å². The Morgan fingerprint density at radius 2 is 1.76 bits per heavy atom. The minimum atomic E-state index is -0.729. The van der Waals surface area contributed by atoms with E-state index in [0.29, 0.717) is 0 Å². The van der Waals surface area contributed by atoms with Crippen molar-refractivity contribution in [3.8, 4) is 11.3 Å². The number of nitrogens with one attached hydrogen (secondary N) is 2. The van der Waals surface area contributed by atoms with E-state index < -0.39 is 27.1 Å². The molecule has 0 atom stereocenters. The number of rotatable bonds is 4. The Balaban J connectivity index is 1.98. The van der Waals surface area contributed by atoms with Gasteiger partial charge in [-0.25, -0.2) is 0 Å². The summed E-state index contributed by atoms with van der Waals surface area (Å²) >= 11 is 0.931. The second-order valence-electron chi connectivity index (χ2n) is 4.85. The Hall–Kier alpha value is -3.47. The van der Waals surface area contributed by atoms with E-state index in [0.717, 1.165) is 30.0 Å². The van der Waals surface area contributed by atoms with Gasteiger partial charge in [-0.1, -0.05) is 0 Å². The van der Waals surface area contributed by atoms with Crippen molar-refractivity contribution in [2.75, 3.05) is 0 Å². The van der Waals surface area contributed by atoms with Crippen LogP contribution in [0.2, 0.25) is 0 Å². The summed E-state index contributed by atoms with van der Waals surface area (Å²) in [7, 11) is 0. The Bertz CT molecular complexity index is 932. The molecule has 1 aromatic heterocycles. The number of benzene rings is 1. The van der Waals surface area contributed by atoms with Gasteiger partial charge in [-0.2, -0.15) is 0 Å². The standard InChI is InChI=1S/C14H8N4O6S/c15-14-16-13(19)12(25-14)6-10-1-2-11(24-10)7-3-8(17(20)21)5-9(4-7)18(22)23/h1-6H,(H2,15,16,19)/b12-6-. The van der Waals surface area contributed by atoms with Crippen molar-refractivity contribution >= 4 is 40.3 Å². The molecule has 1 aliphatic heterocycles. The molecule has 3 rings (SSSR count). The molecule has 1 saturated heterocycles. The summed E-state index contributed by atoms with van der Waals surface area (Å²) in [6, 6.07) is 6.19. The van der Waals surface area contributed by atoms with Crippen LogP contribution < -0.4 is 5.32 Å². The first kappa shape index (κ1) is 16.4. The lowest BCUT2D eigenvalue weighted by molar-refractivity contribution is -0.394. The first-order valence-corrected chi connectivity index (χ1v) is 7.48. The maximum absolute atomic E-state index is 11.6. The number of carbonyl (C=O) groups excluding carboxylic acids is 1. The zero-order valence-corrected chi connectivity index (χ0v) is 13.0. The van der Waals surface area contributed by atoms with Crippen LogP contribution in [0, 0.1) is 25.6 Å². The zero-order valence-electron chi connectivity index (χ0n) is 12.2. The summed E-state index contributed by atoms with van der Waals surface area (Å²) in [6.45, 7) is 0. The number of nitrogens with zero attached hydrogens (tertiary/aromatic N) is 2. The number of hydrogen-bond donors (Lipinski definition) is 2. The average molecular weight is 360 g/mol. The largest absolute Gasteiger partial charge is 0.457 e. The lowest BCUT2D eigenvalue weighted by atomic mass is 10.1. The van der Waals surface area contributed by atoms with E-state index in [2.05, 4.69) is 5.32 Å². The molecule has 2 heterocycles. The number of amidine groups is 1. The molecule has 1 fully saturated rings. The third-order valence-corrected chi connectivity index (χ3v) is 4.00. The molecule has 1 aromatic carbocycles. The molecule has 2 N–H and O–H groups in total.